The van der Waals surface area contributed by atoms with E-state index in [1.165, 1.54) is 0 Å². The van der Waals surface area contributed by atoms with E-state index in [-0.39, 0.29) is 18.5 Å². The number of carbonyl (C=O) groups excluding carboxylic acids is 2. The number of nitrogens with zero attached hydrogens (tertiary/aromatic N) is 1. The van der Waals surface area contributed by atoms with Gasteiger partial charge < -0.3 is 20.7 Å². The van der Waals surface area contributed by atoms with Crippen LogP contribution in [0, 0.1) is 0 Å². The van der Waals surface area contributed by atoms with Crippen LogP contribution >= 0.6 is 0 Å². The summed E-state index contributed by atoms with van der Waals surface area (Å²) >= 11 is 0. The van der Waals surface area contributed by atoms with Crippen molar-refractivity contribution in [2.75, 3.05) is 17.2 Å². The summed E-state index contributed by atoms with van der Waals surface area (Å²) < 4.78 is 5.50. The lowest BCUT2D eigenvalue weighted by molar-refractivity contribution is -0.118. The number of urea groups is 1. The fraction of sp³-hybridized carbons (Fsp3) is 0.0952. The third-order valence-corrected chi connectivity index (χ3v) is 3.70. The molecule has 3 N–H and O–H groups in total. The number of hydrogen-bond donors (Lipinski definition) is 3. The minimum absolute atomic E-state index is 0.133. The summed E-state index contributed by atoms with van der Waals surface area (Å²) in [7, 11) is 0. The highest BCUT2D eigenvalue weighted by atomic mass is 16.5. The molecule has 0 unspecified atom stereocenters. The van der Waals surface area contributed by atoms with Gasteiger partial charge in [-0.05, 0) is 35.9 Å². The summed E-state index contributed by atoms with van der Waals surface area (Å²) in [6.07, 6.45) is 3.37. The van der Waals surface area contributed by atoms with Crippen molar-refractivity contribution in [3.63, 3.8) is 0 Å². The van der Waals surface area contributed by atoms with Crippen LogP contribution in [0.1, 0.15) is 5.56 Å². The number of carbonyl (C=O) groups is 2. The molecule has 0 saturated heterocycles. The first-order valence-corrected chi connectivity index (χ1v) is 8.70. The molecule has 0 aliphatic heterocycles. The number of nitrogens with one attached hydrogen (secondary N) is 3. The quantitative estimate of drug-likeness (QED) is 0.589. The molecular weight excluding hydrogens is 356 g/mol. The van der Waals surface area contributed by atoms with Gasteiger partial charge >= 0.3 is 6.03 Å². The van der Waals surface area contributed by atoms with Crippen molar-refractivity contribution in [1.82, 2.24) is 10.3 Å². The maximum atomic E-state index is 12.0. The van der Waals surface area contributed by atoms with Crippen molar-refractivity contribution in [1.29, 1.82) is 0 Å². The third-order valence-electron chi connectivity index (χ3n) is 3.70. The van der Waals surface area contributed by atoms with Gasteiger partial charge in [0.15, 0.2) is 6.61 Å². The topological polar surface area (TPSA) is 92.3 Å². The fourth-order valence-corrected chi connectivity index (χ4v) is 2.39. The largest absolute Gasteiger partial charge is 0.484 e. The van der Waals surface area contributed by atoms with Gasteiger partial charge in [0.25, 0.3) is 5.91 Å². The molecule has 3 amide bonds. The van der Waals surface area contributed by atoms with Crippen LogP contribution in [0.25, 0.3) is 0 Å². The van der Waals surface area contributed by atoms with E-state index < -0.39 is 0 Å². The van der Waals surface area contributed by atoms with Crippen LogP contribution in [0.4, 0.5) is 16.2 Å². The summed E-state index contributed by atoms with van der Waals surface area (Å²) in [5, 5.41) is 8.22. The molecule has 3 rings (SSSR count). The highest BCUT2D eigenvalue weighted by Gasteiger charge is 2.06. The van der Waals surface area contributed by atoms with Crippen molar-refractivity contribution in [2.45, 2.75) is 6.54 Å². The first-order chi connectivity index (χ1) is 13.7. The number of amides is 3. The third kappa shape index (κ3) is 6.14. The summed E-state index contributed by atoms with van der Waals surface area (Å²) in [6.45, 7) is 0.237. The molecule has 0 fully saturated rings. The van der Waals surface area contributed by atoms with E-state index in [0.29, 0.717) is 23.7 Å². The molecule has 142 valence electrons. The van der Waals surface area contributed by atoms with E-state index in [9.17, 15) is 9.59 Å². The summed E-state index contributed by atoms with van der Waals surface area (Å²) in [5.41, 5.74) is 2.17. The molecule has 1 heterocycles. The van der Waals surface area contributed by atoms with Gasteiger partial charge in [-0.25, -0.2) is 4.79 Å². The van der Waals surface area contributed by atoms with Gasteiger partial charge in [0.2, 0.25) is 0 Å². The van der Waals surface area contributed by atoms with Crippen LogP contribution in [0.2, 0.25) is 0 Å². The summed E-state index contributed by atoms with van der Waals surface area (Å²) in [5.74, 6) is 0.215. The van der Waals surface area contributed by atoms with Crippen LogP contribution in [-0.4, -0.2) is 23.5 Å². The zero-order valence-corrected chi connectivity index (χ0v) is 15.1. The predicted octanol–water partition coefficient (Wildman–Crippen LogP) is 3.42. The molecule has 3 aromatic rings. The highest BCUT2D eigenvalue weighted by molar-refractivity contribution is 5.92. The monoisotopic (exact) mass is 376 g/mol. The molecular formula is C21H20N4O3. The number of aromatic nitrogens is 1. The SMILES string of the molecule is O=C(COc1cccc(NC(=O)NCc2cccnc2)c1)Nc1ccccc1. The predicted molar refractivity (Wildman–Crippen MR) is 107 cm³/mol. The lowest BCUT2D eigenvalue weighted by Crippen LogP contribution is -2.28. The second-order valence-electron chi connectivity index (χ2n) is 5.90. The van der Waals surface area contributed by atoms with Crippen LogP contribution < -0.4 is 20.7 Å². The van der Waals surface area contributed by atoms with E-state index in [1.54, 1.807) is 48.8 Å². The number of hydrogen-bond acceptors (Lipinski definition) is 4. The molecule has 0 saturated carbocycles. The van der Waals surface area contributed by atoms with E-state index in [4.69, 9.17) is 4.74 Å². The van der Waals surface area contributed by atoms with Crippen LogP contribution in [0.5, 0.6) is 5.75 Å². The lowest BCUT2D eigenvalue weighted by atomic mass is 10.3. The van der Waals surface area contributed by atoms with Gasteiger partial charge in [-0.2, -0.15) is 0 Å². The fourth-order valence-electron chi connectivity index (χ4n) is 2.39. The number of para-hydroxylation sites is 1. The molecule has 0 atom stereocenters. The smallest absolute Gasteiger partial charge is 0.319 e. The van der Waals surface area contributed by atoms with E-state index in [1.807, 2.05) is 30.3 Å². The Labute approximate surface area is 162 Å². The highest BCUT2D eigenvalue weighted by Crippen LogP contribution is 2.17. The molecule has 0 aliphatic carbocycles. The van der Waals surface area contributed by atoms with Gasteiger partial charge in [0.1, 0.15) is 5.75 Å². The van der Waals surface area contributed by atoms with Crippen LogP contribution in [-0.2, 0) is 11.3 Å². The minimum atomic E-state index is -0.345. The average Bonchev–Trinajstić information content (AvgIpc) is 2.73. The number of pyridine rings is 1. The van der Waals surface area contributed by atoms with E-state index >= 15 is 0 Å². The standard InChI is InChI=1S/C21H20N4O3/c26-20(24-17-7-2-1-3-8-17)15-28-19-10-4-9-18(12-19)25-21(27)23-14-16-6-5-11-22-13-16/h1-13H,14-15H2,(H,24,26)(H2,23,25,27). The molecule has 2 aromatic carbocycles. The molecule has 0 radical (unpaired) electrons. The molecule has 0 spiro atoms. The Morgan fingerprint density at radius 1 is 0.893 bits per heavy atom. The van der Waals surface area contributed by atoms with Crippen molar-refractivity contribution in [3.8, 4) is 5.75 Å². The van der Waals surface area contributed by atoms with Gasteiger partial charge in [-0.1, -0.05) is 30.3 Å². The maximum absolute atomic E-state index is 12.0. The van der Waals surface area contributed by atoms with Gasteiger partial charge in [-0.15, -0.1) is 0 Å². The van der Waals surface area contributed by atoms with Gasteiger partial charge in [-0.3, -0.25) is 9.78 Å². The van der Waals surface area contributed by atoms with Gasteiger partial charge in [0.05, 0.1) is 0 Å². The zero-order valence-electron chi connectivity index (χ0n) is 15.1. The Kier molecular flexibility index (Phi) is 6.57. The van der Waals surface area contributed by atoms with Crippen molar-refractivity contribution in [2.24, 2.45) is 0 Å². The average molecular weight is 376 g/mol. The van der Waals surface area contributed by atoms with Crippen LogP contribution in [0.15, 0.2) is 79.1 Å². The Morgan fingerprint density at radius 2 is 1.71 bits per heavy atom. The van der Waals surface area contributed by atoms with Crippen molar-refractivity contribution < 1.29 is 14.3 Å². The zero-order chi connectivity index (χ0) is 19.6. The van der Waals surface area contributed by atoms with Gasteiger partial charge in [0, 0.05) is 36.4 Å². The Balaban J connectivity index is 1.46. The Morgan fingerprint density at radius 3 is 2.50 bits per heavy atom. The Hall–Kier alpha value is -3.87. The summed E-state index contributed by atoms with van der Waals surface area (Å²) in [4.78, 5) is 28.0. The Bertz CT molecular complexity index is 917. The van der Waals surface area contributed by atoms with E-state index in [0.717, 1.165) is 5.56 Å². The second-order valence-corrected chi connectivity index (χ2v) is 5.90. The van der Waals surface area contributed by atoms with Crippen molar-refractivity contribution in [3.05, 3.63) is 84.7 Å². The molecule has 28 heavy (non-hydrogen) atoms. The first kappa shape index (κ1) is 18.9. The molecule has 7 heteroatoms. The normalized spacial score (nSPS) is 10.0. The molecule has 0 bridgehead atoms. The minimum Gasteiger partial charge on any atom is -0.484 e. The molecule has 0 aliphatic rings. The number of benzene rings is 2. The van der Waals surface area contributed by atoms with E-state index in [2.05, 4.69) is 20.9 Å². The maximum Gasteiger partial charge on any atom is 0.319 e. The van der Waals surface area contributed by atoms with Crippen molar-refractivity contribution >= 4 is 23.3 Å². The number of rotatable bonds is 7. The first-order valence-electron chi connectivity index (χ1n) is 8.70. The molecule has 1 aromatic heterocycles. The van der Waals surface area contributed by atoms with Crippen LogP contribution in [0.3, 0.4) is 0 Å². The second kappa shape index (κ2) is 9.72. The number of anilines is 2. The lowest BCUT2D eigenvalue weighted by Gasteiger charge is -2.10. The molecule has 7 nitrogen and oxygen atoms in total. The number of ether oxygens (including phenoxy) is 1. The summed E-state index contributed by atoms with van der Waals surface area (Å²) in [6, 6.07) is 19.3.